The van der Waals surface area contributed by atoms with Gasteiger partial charge in [0, 0.05) is 33.1 Å². The van der Waals surface area contributed by atoms with Crippen LogP contribution in [-0.4, -0.2) is 65.8 Å². The standard InChI is InChI=1S/C12H23N3O2S/c1-10(7-13)8-18-9-12(17)15-5-3-14(4-6-15)11(2)16/h10H,3-9,13H2,1-2H3. The minimum atomic E-state index is 0.0910. The third-order valence-corrected chi connectivity index (χ3v) is 4.36. The molecule has 1 aliphatic heterocycles. The number of carbonyl (C=O) groups excluding carboxylic acids is 2. The van der Waals surface area contributed by atoms with Crippen molar-refractivity contribution >= 4 is 23.6 Å². The van der Waals surface area contributed by atoms with Gasteiger partial charge < -0.3 is 15.5 Å². The fourth-order valence-electron chi connectivity index (χ4n) is 1.78. The number of nitrogens with zero attached hydrogens (tertiary/aromatic N) is 2. The molecule has 1 aliphatic rings. The van der Waals surface area contributed by atoms with Crippen molar-refractivity contribution in [2.45, 2.75) is 13.8 Å². The molecule has 1 atom stereocenters. The zero-order valence-corrected chi connectivity index (χ0v) is 12.0. The van der Waals surface area contributed by atoms with Crippen LogP contribution < -0.4 is 5.73 Å². The highest BCUT2D eigenvalue weighted by Gasteiger charge is 2.21. The maximum Gasteiger partial charge on any atom is 0.232 e. The Morgan fingerprint density at radius 2 is 1.78 bits per heavy atom. The smallest absolute Gasteiger partial charge is 0.232 e. The van der Waals surface area contributed by atoms with E-state index in [1.54, 1.807) is 23.6 Å². The molecule has 0 bridgehead atoms. The molecule has 1 fully saturated rings. The summed E-state index contributed by atoms with van der Waals surface area (Å²) < 4.78 is 0. The zero-order valence-electron chi connectivity index (χ0n) is 11.2. The highest BCUT2D eigenvalue weighted by atomic mass is 32.2. The van der Waals surface area contributed by atoms with Gasteiger partial charge in [0.15, 0.2) is 0 Å². The van der Waals surface area contributed by atoms with E-state index in [1.807, 2.05) is 4.90 Å². The van der Waals surface area contributed by atoms with Crippen molar-refractivity contribution in [1.29, 1.82) is 0 Å². The second-order valence-electron chi connectivity index (χ2n) is 4.74. The van der Waals surface area contributed by atoms with Crippen LogP contribution >= 0.6 is 11.8 Å². The van der Waals surface area contributed by atoms with Gasteiger partial charge in [0.2, 0.25) is 11.8 Å². The van der Waals surface area contributed by atoms with Gasteiger partial charge in [-0.2, -0.15) is 11.8 Å². The number of piperazine rings is 1. The first-order chi connectivity index (χ1) is 8.54. The van der Waals surface area contributed by atoms with E-state index in [4.69, 9.17) is 5.73 Å². The lowest BCUT2D eigenvalue weighted by molar-refractivity contribution is -0.136. The van der Waals surface area contributed by atoms with Crippen LogP contribution in [0.15, 0.2) is 0 Å². The molecular weight excluding hydrogens is 250 g/mol. The van der Waals surface area contributed by atoms with Gasteiger partial charge in [0.1, 0.15) is 0 Å². The van der Waals surface area contributed by atoms with Crippen LogP contribution in [0, 0.1) is 5.92 Å². The molecule has 0 aromatic heterocycles. The molecular formula is C12H23N3O2S. The van der Waals surface area contributed by atoms with Crippen LogP contribution in [0.4, 0.5) is 0 Å². The topological polar surface area (TPSA) is 66.6 Å². The summed E-state index contributed by atoms with van der Waals surface area (Å²) >= 11 is 1.64. The number of hydrogen-bond acceptors (Lipinski definition) is 4. The largest absolute Gasteiger partial charge is 0.339 e. The summed E-state index contributed by atoms with van der Waals surface area (Å²) in [5, 5.41) is 0. The Balaban J connectivity index is 2.22. The van der Waals surface area contributed by atoms with Crippen molar-refractivity contribution in [1.82, 2.24) is 9.80 Å². The molecule has 0 saturated carbocycles. The quantitative estimate of drug-likeness (QED) is 0.766. The van der Waals surface area contributed by atoms with Gasteiger partial charge in [-0.1, -0.05) is 6.92 Å². The van der Waals surface area contributed by atoms with Gasteiger partial charge in [0.25, 0.3) is 0 Å². The summed E-state index contributed by atoms with van der Waals surface area (Å²) in [6.45, 7) is 6.95. The van der Waals surface area contributed by atoms with Crippen molar-refractivity contribution in [2.24, 2.45) is 11.7 Å². The monoisotopic (exact) mass is 273 g/mol. The lowest BCUT2D eigenvalue weighted by atomic mass is 10.2. The van der Waals surface area contributed by atoms with Crippen molar-refractivity contribution < 1.29 is 9.59 Å². The molecule has 0 aromatic carbocycles. The van der Waals surface area contributed by atoms with Gasteiger partial charge in [-0.25, -0.2) is 0 Å². The van der Waals surface area contributed by atoms with E-state index in [-0.39, 0.29) is 11.8 Å². The minimum Gasteiger partial charge on any atom is -0.339 e. The molecule has 0 radical (unpaired) electrons. The second-order valence-corrected chi connectivity index (χ2v) is 5.77. The molecule has 5 nitrogen and oxygen atoms in total. The highest BCUT2D eigenvalue weighted by Crippen LogP contribution is 2.10. The molecule has 2 N–H and O–H groups in total. The van der Waals surface area contributed by atoms with Crippen LogP contribution in [0.2, 0.25) is 0 Å². The second kappa shape index (κ2) is 7.63. The fourth-order valence-corrected chi connectivity index (χ4v) is 2.79. The normalized spacial score (nSPS) is 17.7. The van der Waals surface area contributed by atoms with Gasteiger partial charge in [-0.05, 0) is 18.2 Å². The van der Waals surface area contributed by atoms with E-state index >= 15 is 0 Å². The lowest BCUT2D eigenvalue weighted by Crippen LogP contribution is -2.50. The Hall–Kier alpha value is -0.750. The maximum absolute atomic E-state index is 11.9. The number of amides is 2. The predicted molar refractivity (Wildman–Crippen MR) is 74.4 cm³/mol. The average molecular weight is 273 g/mol. The molecule has 1 unspecified atom stereocenters. The van der Waals surface area contributed by atoms with E-state index in [1.165, 1.54) is 0 Å². The number of carbonyl (C=O) groups is 2. The van der Waals surface area contributed by atoms with E-state index in [0.717, 1.165) is 5.75 Å². The third-order valence-electron chi connectivity index (χ3n) is 3.11. The number of nitrogens with two attached hydrogens (primary N) is 1. The number of rotatable bonds is 5. The minimum absolute atomic E-state index is 0.0910. The van der Waals surface area contributed by atoms with Gasteiger partial charge >= 0.3 is 0 Å². The Morgan fingerprint density at radius 3 is 2.28 bits per heavy atom. The molecule has 1 rings (SSSR count). The van der Waals surface area contributed by atoms with E-state index in [0.29, 0.717) is 44.4 Å². The van der Waals surface area contributed by atoms with Crippen LogP contribution in [0.25, 0.3) is 0 Å². The van der Waals surface area contributed by atoms with Crippen LogP contribution in [0.3, 0.4) is 0 Å². The first-order valence-corrected chi connectivity index (χ1v) is 7.51. The molecule has 0 aromatic rings. The predicted octanol–water partition coefficient (Wildman–Crippen LogP) is 0.00510. The molecule has 0 aliphatic carbocycles. The van der Waals surface area contributed by atoms with Crippen LogP contribution in [0.5, 0.6) is 0 Å². The van der Waals surface area contributed by atoms with Crippen molar-refractivity contribution in [3.8, 4) is 0 Å². The third kappa shape index (κ3) is 4.86. The first-order valence-electron chi connectivity index (χ1n) is 6.35. The Bertz CT molecular complexity index is 291. The maximum atomic E-state index is 11.9. The van der Waals surface area contributed by atoms with Gasteiger partial charge in [0.05, 0.1) is 5.75 Å². The molecule has 1 saturated heterocycles. The van der Waals surface area contributed by atoms with Crippen LogP contribution in [0.1, 0.15) is 13.8 Å². The summed E-state index contributed by atoms with van der Waals surface area (Å²) in [6.07, 6.45) is 0. The van der Waals surface area contributed by atoms with Crippen molar-refractivity contribution in [2.75, 3.05) is 44.2 Å². The summed E-state index contributed by atoms with van der Waals surface area (Å²) in [5.41, 5.74) is 5.53. The summed E-state index contributed by atoms with van der Waals surface area (Å²) in [6, 6.07) is 0. The average Bonchev–Trinajstić information content (AvgIpc) is 2.38. The summed E-state index contributed by atoms with van der Waals surface area (Å²) in [4.78, 5) is 26.7. The Kier molecular flexibility index (Phi) is 6.49. The summed E-state index contributed by atoms with van der Waals surface area (Å²) in [5.74, 6) is 2.16. The highest BCUT2D eigenvalue weighted by molar-refractivity contribution is 7.99. The molecule has 1 heterocycles. The summed E-state index contributed by atoms with van der Waals surface area (Å²) in [7, 11) is 0. The fraction of sp³-hybridized carbons (Fsp3) is 0.833. The molecule has 6 heteroatoms. The SMILES string of the molecule is CC(=O)N1CCN(C(=O)CSCC(C)CN)CC1. The van der Waals surface area contributed by atoms with Crippen molar-refractivity contribution in [3.05, 3.63) is 0 Å². The van der Waals surface area contributed by atoms with E-state index in [2.05, 4.69) is 6.92 Å². The molecule has 18 heavy (non-hydrogen) atoms. The van der Waals surface area contributed by atoms with Gasteiger partial charge in [-0.3, -0.25) is 9.59 Å². The van der Waals surface area contributed by atoms with Crippen LogP contribution in [-0.2, 0) is 9.59 Å². The van der Waals surface area contributed by atoms with Crippen molar-refractivity contribution in [3.63, 3.8) is 0 Å². The van der Waals surface area contributed by atoms with Gasteiger partial charge in [-0.15, -0.1) is 0 Å². The lowest BCUT2D eigenvalue weighted by Gasteiger charge is -2.34. The Labute approximate surface area is 113 Å². The molecule has 104 valence electrons. The van der Waals surface area contributed by atoms with E-state index < -0.39 is 0 Å². The van der Waals surface area contributed by atoms with E-state index in [9.17, 15) is 9.59 Å². The first kappa shape index (κ1) is 15.3. The molecule has 2 amide bonds. The molecule has 0 spiro atoms. The number of thioether (sulfide) groups is 1. The Morgan fingerprint density at radius 1 is 1.22 bits per heavy atom. The zero-order chi connectivity index (χ0) is 13.5. The number of hydrogen-bond donors (Lipinski definition) is 1.